The van der Waals surface area contributed by atoms with Crippen LogP contribution in [-0.4, -0.2) is 43.6 Å². The molecule has 2 atom stereocenters. The summed E-state index contributed by atoms with van der Waals surface area (Å²) in [5, 5.41) is 0.415. The van der Waals surface area contributed by atoms with Crippen LogP contribution in [0, 0.1) is 0 Å². The summed E-state index contributed by atoms with van der Waals surface area (Å²) in [6, 6.07) is 11.5. The van der Waals surface area contributed by atoms with Gasteiger partial charge in [0.05, 0.1) is 5.39 Å². The maximum atomic E-state index is 12.9. The van der Waals surface area contributed by atoms with E-state index in [0.29, 0.717) is 24.1 Å². The highest BCUT2D eigenvalue weighted by Gasteiger charge is 2.33. The molecule has 0 aliphatic carbocycles. The minimum absolute atomic E-state index is 0.0537. The highest BCUT2D eigenvalue weighted by Crippen LogP contribution is 2.26. The van der Waals surface area contributed by atoms with Crippen molar-refractivity contribution in [2.75, 3.05) is 13.1 Å². The van der Waals surface area contributed by atoms with Gasteiger partial charge < -0.3 is 15.2 Å². The third-order valence-electron chi connectivity index (χ3n) is 5.61. The number of carbonyl (C=O) groups is 1. The molecule has 4 rings (SSSR count). The maximum Gasteiger partial charge on any atom is 0.332 e. The molecule has 1 fully saturated rings. The molecule has 3 heterocycles. The van der Waals surface area contributed by atoms with Crippen LogP contribution >= 0.6 is 0 Å². The first-order valence-electron chi connectivity index (χ1n) is 9.21. The van der Waals surface area contributed by atoms with Crippen LogP contribution in [0.3, 0.4) is 0 Å². The van der Waals surface area contributed by atoms with Crippen LogP contribution in [0.25, 0.3) is 11.0 Å². The third kappa shape index (κ3) is 2.86. The zero-order chi connectivity index (χ0) is 20.0. The highest BCUT2D eigenvalue weighted by atomic mass is 16.2. The number of nitrogens with two attached hydrogens (primary N) is 1. The minimum atomic E-state index is -0.419. The predicted molar refractivity (Wildman–Crippen MR) is 106 cm³/mol. The van der Waals surface area contributed by atoms with Gasteiger partial charge in [-0.1, -0.05) is 30.3 Å². The topological polar surface area (TPSA) is 95.3 Å². The van der Waals surface area contributed by atoms with E-state index in [2.05, 4.69) is 0 Å². The average Bonchev–Trinajstić information content (AvgIpc) is 3.29. The second kappa shape index (κ2) is 6.79. The molecule has 0 saturated carbocycles. The van der Waals surface area contributed by atoms with E-state index in [1.54, 1.807) is 28.8 Å². The second-order valence-electron chi connectivity index (χ2n) is 7.37. The molecule has 2 aromatic heterocycles. The number of hydrogen-bond acceptors (Lipinski definition) is 4. The van der Waals surface area contributed by atoms with Crippen LogP contribution in [-0.2, 0) is 25.4 Å². The summed E-state index contributed by atoms with van der Waals surface area (Å²) in [6.07, 6.45) is 1.67. The van der Waals surface area contributed by atoms with Gasteiger partial charge in [0.2, 0.25) is 5.91 Å². The number of rotatable bonds is 3. The van der Waals surface area contributed by atoms with Crippen LogP contribution < -0.4 is 17.0 Å². The summed E-state index contributed by atoms with van der Waals surface area (Å²) >= 11 is 0. The van der Waals surface area contributed by atoms with Gasteiger partial charge in [-0.15, -0.1) is 0 Å². The molecule has 1 aliphatic heterocycles. The zero-order valence-electron chi connectivity index (χ0n) is 15.9. The molecule has 0 spiro atoms. The van der Waals surface area contributed by atoms with Gasteiger partial charge in [0.25, 0.3) is 5.56 Å². The van der Waals surface area contributed by atoms with Gasteiger partial charge in [-0.05, 0) is 11.6 Å². The van der Waals surface area contributed by atoms with Crippen molar-refractivity contribution in [1.29, 1.82) is 0 Å². The number of carbonyl (C=O) groups excluding carboxylic acids is 1. The molecule has 3 aromatic rings. The van der Waals surface area contributed by atoms with Crippen LogP contribution in [0.2, 0.25) is 0 Å². The predicted octanol–water partition coefficient (Wildman–Crippen LogP) is -0.00800. The summed E-state index contributed by atoms with van der Waals surface area (Å²) in [5.41, 5.74) is 7.09. The lowest BCUT2D eigenvalue weighted by atomic mass is 9.95. The van der Waals surface area contributed by atoms with Gasteiger partial charge in [-0.25, -0.2) is 4.79 Å². The van der Waals surface area contributed by atoms with Crippen molar-refractivity contribution in [1.82, 2.24) is 18.6 Å². The van der Waals surface area contributed by atoms with Crippen LogP contribution in [0.4, 0.5) is 0 Å². The molecule has 1 aromatic carbocycles. The van der Waals surface area contributed by atoms with Gasteiger partial charge in [0.15, 0.2) is 0 Å². The fraction of sp³-hybridized carbons (Fsp3) is 0.350. The van der Waals surface area contributed by atoms with E-state index in [0.717, 1.165) is 10.1 Å². The summed E-state index contributed by atoms with van der Waals surface area (Å²) in [7, 11) is 3.05. The van der Waals surface area contributed by atoms with Gasteiger partial charge in [-0.3, -0.25) is 18.7 Å². The molecule has 1 amide bonds. The van der Waals surface area contributed by atoms with Crippen molar-refractivity contribution in [3.8, 4) is 0 Å². The smallest absolute Gasteiger partial charge is 0.332 e. The third-order valence-corrected chi connectivity index (χ3v) is 5.61. The Kier molecular flexibility index (Phi) is 4.43. The van der Waals surface area contributed by atoms with Gasteiger partial charge in [0, 0.05) is 45.3 Å². The Labute approximate surface area is 161 Å². The van der Waals surface area contributed by atoms with E-state index in [4.69, 9.17) is 5.73 Å². The number of aryl methyl sites for hydroxylation is 1. The molecule has 1 saturated heterocycles. The van der Waals surface area contributed by atoms with Crippen molar-refractivity contribution in [3.63, 3.8) is 0 Å². The van der Waals surface area contributed by atoms with E-state index in [-0.39, 0.29) is 30.0 Å². The highest BCUT2D eigenvalue weighted by molar-refractivity contribution is 5.81. The van der Waals surface area contributed by atoms with Crippen molar-refractivity contribution in [2.45, 2.75) is 18.5 Å². The second-order valence-corrected chi connectivity index (χ2v) is 7.37. The molecule has 2 N–H and O–H groups in total. The Bertz CT molecular complexity index is 1160. The number of likely N-dealkylation sites (tertiary alicyclic amines) is 1. The number of fused-ring (bicyclic) bond motifs is 1. The lowest BCUT2D eigenvalue weighted by molar-refractivity contribution is -0.130. The minimum Gasteiger partial charge on any atom is -0.339 e. The fourth-order valence-corrected chi connectivity index (χ4v) is 4.05. The van der Waals surface area contributed by atoms with E-state index < -0.39 is 5.69 Å². The lowest BCUT2D eigenvalue weighted by Crippen LogP contribution is -2.38. The normalized spacial score (nSPS) is 19.5. The first kappa shape index (κ1) is 18.2. The molecule has 0 bridgehead atoms. The number of benzene rings is 1. The molecule has 0 unspecified atom stereocenters. The van der Waals surface area contributed by atoms with E-state index in [9.17, 15) is 14.4 Å². The fourth-order valence-electron chi connectivity index (χ4n) is 4.05. The Morgan fingerprint density at radius 2 is 1.79 bits per heavy atom. The molecule has 0 radical (unpaired) electrons. The summed E-state index contributed by atoms with van der Waals surface area (Å²) in [5.74, 6) is 0.0164. The van der Waals surface area contributed by atoms with E-state index in [1.165, 1.54) is 11.6 Å². The van der Waals surface area contributed by atoms with Crippen LogP contribution in [0.5, 0.6) is 0 Å². The Morgan fingerprint density at radius 1 is 1.07 bits per heavy atom. The molecule has 1 aliphatic rings. The maximum absolute atomic E-state index is 12.9. The average molecular weight is 381 g/mol. The van der Waals surface area contributed by atoms with Crippen molar-refractivity contribution in [3.05, 3.63) is 69.0 Å². The van der Waals surface area contributed by atoms with Crippen molar-refractivity contribution in [2.24, 2.45) is 19.8 Å². The number of amides is 1. The molecular weight excluding hydrogens is 358 g/mol. The molecule has 28 heavy (non-hydrogen) atoms. The SMILES string of the molecule is Cn1c(=O)c2ccn(CC(=O)N3C[C@@H](N)[C@H](c4ccccc4)C3)c2n(C)c1=O. The van der Waals surface area contributed by atoms with Gasteiger partial charge in [0.1, 0.15) is 12.2 Å². The van der Waals surface area contributed by atoms with E-state index >= 15 is 0 Å². The van der Waals surface area contributed by atoms with Crippen LogP contribution in [0.1, 0.15) is 11.5 Å². The Morgan fingerprint density at radius 3 is 2.50 bits per heavy atom. The summed E-state index contributed by atoms with van der Waals surface area (Å²) < 4.78 is 4.12. The number of nitrogens with zero attached hydrogens (tertiary/aromatic N) is 4. The van der Waals surface area contributed by atoms with Gasteiger partial charge >= 0.3 is 5.69 Å². The monoisotopic (exact) mass is 381 g/mol. The molecular formula is C20H23N5O3. The summed E-state index contributed by atoms with van der Waals surface area (Å²) in [6.45, 7) is 1.10. The largest absolute Gasteiger partial charge is 0.339 e. The zero-order valence-corrected chi connectivity index (χ0v) is 15.9. The van der Waals surface area contributed by atoms with Crippen LogP contribution in [0.15, 0.2) is 52.2 Å². The lowest BCUT2D eigenvalue weighted by Gasteiger charge is -2.18. The number of hydrogen-bond donors (Lipinski definition) is 1. The van der Waals surface area contributed by atoms with Crippen molar-refractivity contribution >= 4 is 16.9 Å². The number of aromatic nitrogens is 3. The summed E-state index contributed by atoms with van der Waals surface area (Å²) in [4.78, 5) is 39.2. The van der Waals surface area contributed by atoms with Crippen molar-refractivity contribution < 1.29 is 4.79 Å². The van der Waals surface area contributed by atoms with Gasteiger partial charge in [-0.2, -0.15) is 0 Å². The quantitative estimate of drug-likeness (QED) is 0.690. The van der Waals surface area contributed by atoms with E-state index in [1.807, 2.05) is 30.3 Å². The Balaban J connectivity index is 1.60. The molecule has 8 nitrogen and oxygen atoms in total. The first-order chi connectivity index (χ1) is 13.4. The molecule has 8 heteroatoms. The standard InChI is InChI=1S/C20H23N5O3/c1-22-18-14(19(27)23(2)20(22)28)8-9-24(18)12-17(26)25-10-15(16(21)11-25)13-6-4-3-5-7-13/h3-9,15-16H,10-12,21H2,1-2H3/t15-,16+/m0/s1. The first-order valence-corrected chi connectivity index (χ1v) is 9.21. The molecule has 146 valence electrons. The Hall–Kier alpha value is -3.13.